The van der Waals surface area contributed by atoms with Crippen molar-refractivity contribution < 1.29 is 4.79 Å². The predicted octanol–water partition coefficient (Wildman–Crippen LogP) is 1.60. The summed E-state index contributed by atoms with van der Waals surface area (Å²) in [6.45, 7) is 2.08. The first-order chi connectivity index (χ1) is 13.7. The van der Waals surface area contributed by atoms with Crippen LogP contribution in [0.3, 0.4) is 0 Å². The molecule has 2 aromatic rings. The molecular weight excluding hydrogens is 354 g/mol. The van der Waals surface area contributed by atoms with Crippen molar-refractivity contribution in [2.24, 2.45) is 4.99 Å². The van der Waals surface area contributed by atoms with Crippen LogP contribution in [0.2, 0.25) is 0 Å². The molecule has 0 aliphatic carbocycles. The molecule has 1 fully saturated rings. The zero-order valence-corrected chi connectivity index (χ0v) is 16.2. The molecule has 28 heavy (non-hydrogen) atoms. The van der Waals surface area contributed by atoms with Crippen molar-refractivity contribution in [2.45, 2.75) is 31.8 Å². The SMILES string of the molecule is CN=C(NCCCCn1ccccc1=O)NC1CC(=O)N(c2ccccc2)C1. The fourth-order valence-electron chi connectivity index (χ4n) is 3.31. The first-order valence-electron chi connectivity index (χ1n) is 9.65. The summed E-state index contributed by atoms with van der Waals surface area (Å²) >= 11 is 0. The number of carbonyl (C=O) groups excluding carboxylic acids is 1. The highest BCUT2D eigenvalue weighted by atomic mass is 16.2. The van der Waals surface area contributed by atoms with E-state index in [1.54, 1.807) is 23.7 Å². The zero-order valence-electron chi connectivity index (χ0n) is 16.2. The molecule has 0 saturated carbocycles. The number of hydrogen-bond acceptors (Lipinski definition) is 3. The minimum absolute atomic E-state index is 0.0294. The molecule has 2 N–H and O–H groups in total. The summed E-state index contributed by atoms with van der Waals surface area (Å²) in [5.41, 5.74) is 0.956. The predicted molar refractivity (Wildman–Crippen MR) is 112 cm³/mol. The highest BCUT2D eigenvalue weighted by molar-refractivity contribution is 5.97. The third-order valence-electron chi connectivity index (χ3n) is 4.77. The number of aryl methyl sites for hydroxylation is 1. The molecule has 1 aromatic heterocycles. The molecule has 1 aliphatic rings. The van der Waals surface area contributed by atoms with Crippen LogP contribution in [0.15, 0.2) is 64.5 Å². The Labute approximate surface area is 165 Å². The van der Waals surface area contributed by atoms with Gasteiger partial charge in [0.25, 0.3) is 0 Å². The lowest BCUT2D eigenvalue weighted by atomic mass is 10.2. The van der Waals surface area contributed by atoms with Gasteiger partial charge in [0.2, 0.25) is 11.5 Å². The van der Waals surface area contributed by atoms with Crippen LogP contribution in [0.4, 0.5) is 5.69 Å². The molecule has 1 atom stereocenters. The van der Waals surface area contributed by atoms with Gasteiger partial charge in [0.05, 0.1) is 6.04 Å². The molecule has 0 spiro atoms. The van der Waals surface area contributed by atoms with Gasteiger partial charge in [-0.25, -0.2) is 0 Å². The second-order valence-electron chi connectivity index (χ2n) is 6.82. The quantitative estimate of drug-likeness (QED) is 0.434. The number of hydrogen-bond donors (Lipinski definition) is 2. The van der Waals surface area contributed by atoms with Crippen molar-refractivity contribution in [2.75, 3.05) is 25.0 Å². The van der Waals surface area contributed by atoms with E-state index in [0.29, 0.717) is 25.5 Å². The molecule has 148 valence electrons. The maximum Gasteiger partial charge on any atom is 0.250 e. The monoisotopic (exact) mass is 381 g/mol. The lowest BCUT2D eigenvalue weighted by molar-refractivity contribution is -0.117. The van der Waals surface area contributed by atoms with Crippen LogP contribution < -0.4 is 21.1 Å². The molecule has 7 heteroatoms. The van der Waals surface area contributed by atoms with Crippen LogP contribution in [0.1, 0.15) is 19.3 Å². The molecule has 7 nitrogen and oxygen atoms in total. The number of benzene rings is 1. The largest absolute Gasteiger partial charge is 0.356 e. The number of carbonyl (C=O) groups is 1. The fourth-order valence-corrected chi connectivity index (χ4v) is 3.31. The van der Waals surface area contributed by atoms with Gasteiger partial charge in [-0.2, -0.15) is 0 Å². The Morgan fingerprint density at radius 2 is 1.89 bits per heavy atom. The van der Waals surface area contributed by atoms with E-state index in [2.05, 4.69) is 15.6 Å². The molecule has 2 heterocycles. The highest BCUT2D eigenvalue weighted by Crippen LogP contribution is 2.20. The smallest absolute Gasteiger partial charge is 0.250 e. The lowest BCUT2D eigenvalue weighted by Crippen LogP contribution is -2.44. The van der Waals surface area contributed by atoms with Gasteiger partial charge in [-0.3, -0.25) is 14.6 Å². The average Bonchev–Trinajstić information content (AvgIpc) is 3.09. The van der Waals surface area contributed by atoms with Gasteiger partial charge < -0.3 is 20.1 Å². The lowest BCUT2D eigenvalue weighted by Gasteiger charge is -2.19. The van der Waals surface area contributed by atoms with Crippen molar-refractivity contribution in [3.05, 3.63) is 65.1 Å². The molecule has 0 radical (unpaired) electrons. The molecule has 0 bridgehead atoms. The Morgan fingerprint density at radius 3 is 2.64 bits per heavy atom. The number of rotatable bonds is 7. The van der Waals surface area contributed by atoms with E-state index in [9.17, 15) is 9.59 Å². The van der Waals surface area contributed by atoms with Crippen molar-refractivity contribution in [1.82, 2.24) is 15.2 Å². The Kier molecular flexibility index (Phi) is 6.84. The van der Waals surface area contributed by atoms with Crippen molar-refractivity contribution in [3.8, 4) is 0 Å². The highest BCUT2D eigenvalue weighted by Gasteiger charge is 2.30. The summed E-state index contributed by atoms with van der Waals surface area (Å²) in [5.74, 6) is 0.817. The zero-order chi connectivity index (χ0) is 19.8. The van der Waals surface area contributed by atoms with Crippen LogP contribution >= 0.6 is 0 Å². The molecule has 1 aliphatic heterocycles. The van der Waals surface area contributed by atoms with E-state index < -0.39 is 0 Å². The normalized spacial score (nSPS) is 17.0. The first kappa shape index (κ1) is 19.7. The standard InChI is InChI=1S/C21H27N5O2/c1-22-21(23-12-6-8-14-25-13-7-5-11-19(25)27)24-17-15-20(28)26(16-17)18-9-3-2-4-10-18/h2-5,7,9-11,13,17H,6,8,12,14-16H2,1H3,(H2,22,23,24). The topological polar surface area (TPSA) is 78.7 Å². The molecule has 1 unspecified atom stereocenters. The average molecular weight is 381 g/mol. The van der Waals surface area contributed by atoms with Crippen LogP contribution in [0.25, 0.3) is 0 Å². The van der Waals surface area contributed by atoms with E-state index in [0.717, 1.165) is 25.1 Å². The van der Waals surface area contributed by atoms with Gasteiger partial charge in [0.15, 0.2) is 5.96 Å². The minimum Gasteiger partial charge on any atom is -0.356 e. The number of guanidine groups is 1. The second kappa shape index (κ2) is 9.73. The summed E-state index contributed by atoms with van der Waals surface area (Å²) in [4.78, 5) is 30.0. The third kappa shape index (κ3) is 5.22. The number of nitrogens with zero attached hydrogens (tertiary/aromatic N) is 3. The summed E-state index contributed by atoms with van der Waals surface area (Å²) < 4.78 is 1.72. The number of aliphatic imine (C=N–C) groups is 1. The molecule has 3 rings (SSSR count). The van der Waals surface area contributed by atoms with Crippen LogP contribution in [-0.2, 0) is 11.3 Å². The summed E-state index contributed by atoms with van der Waals surface area (Å²) in [6, 6.07) is 14.9. The third-order valence-corrected chi connectivity index (χ3v) is 4.77. The summed E-state index contributed by atoms with van der Waals surface area (Å²) in [5, 5.41) is 6.62. The second-order valence-corrected chi connectivity index (χ2v) is 6.82. The molecule has 1 amide bonds. The van der Waals surface area contributed by atoms with Crippen molar-refractivity contribution in [3.63, 3.8) is 0 Å². The van der Waals surface area contributed by atoms with E-state index in [1.807, 2.05) is 47.5 Å². The van der Waals surface area contributed by atoms with Gasteiger partial charge in [-0.1, -0.05) is 24.3 Å². The number of anilines is 1. The maximum atomic E-state index is 12.3. The Morgan fingerprint density at radius 1 is 1.11 bits per heavy atom. The molecule has 1 aromatic carbocycles. The van der Waals surface area contributed by atoms with Gasteiger partial charge >= 0.3 is 0 Å². The number of nitrogens with one attached hydrogen (secondary N) is 2. The Balaban J connectivity index is 1.41. The van der Waals surface area contributed by atoms with E-state index in [4.69, 9.17) is 0 Å². The van der Waals surface area contributed by atoms with Gasteiger partial charge in [0, 0.05) is 51.1 Å². The van der Waals surface area contributed by atoms with Crippen molar-refractivity contribution >= 4 is 17.6 Å². The molecular formula is C21H27N5O2. The van der Waals surface area contributed by atoms with E-state index in [-0.39, 0.29) is 17.5 Å². The van der Waals surface area contributed by atoms with Gasteiger partial charge in [-0.05, 0) is 31.0 Å². The first-order valence-corrected chi connectivity index (χ1v) is 9.65. The number of aromatic nitrogens is 1. The maximum absolute atomic E-state index is 12.3. The fraction of sp³-hybridized carbons (Fsp3) is 0.381. The number of pyridine rings is 1. The van der Waals surface area contributed by atoms with Crippen molar-refractivity contribution in [1.29, 1.82) is 0 Å². The van der Waals surface area contributed by atoms with Gasteiger partial charge in [0.1, 0.15) is 0 Å². The molecule has 1 saturated heterocycles. The number of para-hydroxylation sites is 1. The Bertz CT molecular complexity index is 862. The summed E-state index contributed by atoms with van der Waals surface area (Å²) in [7, 11) is 1.73. The number of unbranched alkanes of at least 4 members (excludes halogenated alkanes) is 1. The summed E-state index contributed by atoms with van der Waals surface area (Å²) in [6.07, 6.45) is 4.08. The van der Waals surface area contributed by atoms with E-state index >= 15 is 0 Å². The van der Waals surface area contributed by atoms with Crippen LogP contribution in [-0.4, -0.2) is 42.6 Å². The Hall–Kier alpha value is -3.09. The van der Waals surface area contributed by atoms with Crippen LogP contribution in [0, 0.1) is 0 Å². The van der Waals surface area contributed by atoms with Crippen LogP contribution in [0.5, 0.6) is 0 Å². The van der Waals surface area contributed by atoms with Gasteiger partial charge in [-0.15, -0.1) is 0 Å². The number of amides is 1. The van der Waals surface area contributed by atoms with E-state index in [1.165, 1.54) is 0 Å². The minimum atomic E-state index is 0.0294.